The number of benzene rings is 6. The van der Waals surface area contributed by atoms with Crippen molar-refractivity contribution >= 4 is 43.6 Å². The summed E-state index contributed by atoms with van der Waals surface area (Å²) in [5.74, 6) is 0. The van der Waals surface area contributed by atoms with Gasteiger partial charge >= 0.3 is 0 Å². The molecule has 0 fully saturated rings. The van der Waals surface area contributed by atoms with Crippen LogP contribution in [0, 0.1) is 45.3 Å². The Morgan fingerprint density at radius 1 is 0.370 bits per heavy atom. The van der Waals surface area contributed by atoms with Crippen molar-refractivity contribution < 1.29 is 0 Å². The van der Waals surface area contributed by atoms with E-state index in [1.165, 1.54) is 0 Å². The molecule has 0 unspecified atom stereocenters. The van der Waals surface area contributed by atoms with Crippen molar-refractivity contribution in [1.29, 1.82) is 21.0 Å². The first-order chi connectivity index (χ1) is 22.7. The number of aromatic nitrogens is 2. The summed E-state index contributed by atoms with van der Waals surface area (Å²) in [6, 6.07) is 48.1. The molecular formula is C40H20N6. The lowest BCUT2D eigenvalue weighted by Crippen LogP contribution is -2.06. The minimum Gasteiger partial charge on any atom is -0.308 e. The highest BCUT2D eigenvalue weighted by molar-refractivity contribution is 6.11. The number of para-hydroxylation sites is 4. The molecule has 46 heavy (non-hydrogen) atoms. The first-order valence-corrected chi connectivity index (χ1v) is 14.6. The molecule has 210 valence electrons. The van der Waals surface area contributed by atoms with Crippen molar-refractivity contribution in [3.63, 3.8) is 0 Å². The third-order valence-corrected chi connectivity index (χ3v) is 8.73. The largest absolute Gasteiger partial charge is 0.308 e. The van der Waals surface area contributed by atoms with Crippen LogP contribution in [0.25, 0.3) is 66.1 Å². The molecule has 0 aliphatic heterocycles. The van der Waals surface area contributed by atoms with Crippen LogP contribution in [0.1, 0.15) is 22.3 Å². The Morgan fingerprint density at radius 2 is 0.804 bits per heavy atom. The molecule has 6 heteroatoms. The van der Waals surface area contributed by atoms with Crippen LogP contribution < -0.4 is 0 Å². The van der Waals surface area contributed by atoms with E-state index in [4.69, 9.17) is 0 Å². The van der Waals surface area contributed by atoms with E-state index < -0.39 is 0 Å². The van der Waals surface area contributed by atoms with Gasteiger partial charge in [0.2, 0.25) is 0 Å². The van der Waals surface area contributed by atoms with Gasteiger partial charge < -0.3 is 9.13 Å². The zero-order chi connectivity index (χ0) is 31.4. The second-order valence-corrected chi connectivity index (χ2v) is 11.0. The van der Waals surface area contributed by atoms with Gasteiger partial charge in [0.05, 0.1) is 55.7 Å². The van der Waals surface area contributed by atoms with Crippen LogP contribution in [0.15, 0.2) is 121 Å². The Morgan fingerprint density at radius 3 is 1.26 bits per heavy atom. The van der Waals surface area contributed by atoms with Crippen molar-refractivity contribution in [2.75, 3.05) is 0 Å². The monoisotopic (exact) mass is 584 g/mol. The van der Waals surface area contributed by atoms with Gasteiger partial charge in [0.1, 0.15) is 24.3 Å². The Hall–Kier alpha value is -7.12. The van der Waals surface area contributed by atoms with Crippen LogP contribution in [-0.4, -0.2) is 9.13 Å². The van der Waals surface area contributed by atoms with E-state index >= 15 is 0 Å². The van der Waals surface area contributed by atoms with Crippen molar-refractivity contribution in [1.82, 2.24) is 9.13 Å². The average Bonchev–Trinajstić information content (AvgIpc) is 3.63. The van der Waals surface area contributed by atoms with Crippen molar-refractivity contribution in [2.45, 2.75) is 0 Å². The second kappa shape index (κ2) is 10.3. The minimum atomic E-state index is 0.192. The Bertz CT molecular complexity index is 2640. The van der Waals surface area contributed by atoms with Gasteiger partial charge in [-0.3, -0.25) is 0 Å². The third kappa shape index (κ3) is 3.60. The zero-order valence-corrected chi connectivity index (χ0v) is 24.2. The summed E-state index contributed by atoms with van der Waals surface area (Å²) in [7, 11) is 0. The molecule has 0 spiro atoms. The summed E-state index contributed by atoms with van der Waals surface area (Å²) >= 11 is 0. The lowest BCUT2D eigenvalue weighted by molar-refractivity contribution is 1.15. The molecule has 2 aromatic heterocycles. The lowest BCUT2D eigenvalue weighted by Gasteiger charge is -2.19. The molecule has 0 amide bonds. The SMILES string of the molecule is N#Cc1ccc(-c2ccc(-n3c4ccccc4c4ccccc43)c(C#N)c2C#N)c(-n2c3ccccc3c3ccccc32)c1C#N. The number of hydrogen-bond donors (Lipinski definition) is 0. The Kier molecular flexibility index (Phi) is 5.91. The number of nitriles is 4. The van der Waals surface area contributed by atoms with E-state index in [9.17, 15) is 21.0 Å². The van der Waals surface area contributed by atoms with E-state index in [1.807, 2.05) is 106 Å². The molecule has 6 aromatic carbocycles. The fourth-order valence-corrected chi connectivity index (χ4v) is 6.82. The van der Waals surface area contributed by atoms with Crippen LogP contribution >= 0.6 is 0 Å². The summed E-state index contributed by atoms with van der Waals surface area (Å²) in [6.07, 6.45) is 0. The quantitative estimate of drug-likeness (QED) is 0.207. The van der Waals surface area contributed by atoms with Crippen LogP contribution in [0.4, 0.5) is 0 Å². The van der Waals surface area contributed by atoms with E-state index in [1.54, 1.807) is 12.1 Å². The molecule has 0 radical (unpaired) electrons. The molecule has 0 saturated heterocycles. The second-order valence-electron chi connectivity index (χ2n) is 11.0. The smallest absolute Gasteiger partial charge is 0.103 e. The van der Waals surface area contributed by atoms with Crippen LogP contribution in [-0.2, 0) is 0 Å². The van der Waals surface area contributed by atoms with E-state index in [0.717, 1.165) is 43.6 Å². The summed E-state index contributed by atoms with van der Waals surface area (Å²) in [4.78, 5) is 0. The molecule has 8 rings (SSSR count). The van der Waals surface area contributed by atoms with Crippen molar-refractivity contribution in [3.8, 4) is 46.8 Å². The highest BCUT2D eigenvalue weighted by Gasteiger charge is 2.25. The van der Waals surface area contributed by atoms with Crippen molar-refractivity contribution in [2.24, 2.45) is 0 Å². The van der Waals surface area contributed by atoms with Gasteiger partial charge in [-0.1, -0.05) is 84.9 Å². The molecule has 0 saturated carbocycles. The summed E-state index contributed by atoms with van der Waals surface area (Å²) in [6.45, 7) is 0. The van der Waals surface area contributed by atoms with Gasteiger partial charge in [0, 0.05) is 32.7 Å². The molecule has 2 heterocycles. The number of fused-ring (bicyclic) bond motifs is 6. The van der Waals surface area contributed by atoms with E-state index in [-0.39, 0.29) is 22.3 Å². The zero-order valence-electron chi connectivity index (χ0n) is 24.2. The molecule has 0 atom stereocenters. The fourth-order valence-electron chi connectivity index (χ4n) is 6.82. The molecule has 6 nitrogen and oxygen atoms in total. The Labute approximate surface area is 263 Å². The number of nitrogens with zero attached hydrogens (tertiary/aromatic N) is 6. The Balaban J connectivity index is 1.49. The summed E-state index contributed by atoms with van der Waals surface area (Å²) in [5.41, 5.74) is 6.56. The van der Waals surface area contributed by atoms with Gasteiger partial charge in [-0.15, -0.1) is 0 Å². The van der Waals surface area contributed by atoms with Crippen LogP contribution in [0.3, 0.4) is 0 Å². The molecule has 8 aromatic rings. The molecular weight excluding hydrogens is 564 g/mol. The fraction of sp³-hybridized carbons (Fsp3) is 0. The van der Waals surface area contributed by atoms with Gasteiger partial charge in [0.15, 0.2) is 0 Å². The molecule has 0 aliphatic carbocycles. The van der Waals surface area contributed by atoms with Gasteiger partial charge in [-0.25, -0.2) is 0 Å². The predicted octanol–water partition coefficient (Wildman–Crippen LogP) is 9.03. The molecule has 0 N–H and O–H groups in total. The summed E-state index contributed by atoms with van der Waals surface area (Å²) < 4.78 is 4.02. The number of hydrogen-bond acceptors (Lipinski definition) is 4. The summed E-state index contributed by atoms with van der Waals surface area (Å²) in [5, 5.41) is 46.0. The number of rotatable bonds is 3. The standard InChI is InChI=1S/C40H20N6/c41-21-25-17-18-31(40(32(25)22-42)46-37-15-7-3-11-29(37)30-12-4-8-16-38(30)46)26-19-20-39(34(24-44)33(26)23-43)45-35-13-5-1-9-27(35)28-10-2-6-14-36(28)45/h1-20H. The van der Waals surface area contributed by atoms with Gasteiger partial charge in [-0.05, 0) is 36.4 Å². The maximum Gasteiger partial charge on any atom is 0.103 e. The van der Waals surface area contributed by atoms with Crippen LogP contribution in [0.2, 0.25) is 0 Å². The maximum atomic E-state index is 10.7. The van der Waals surface area contributed by atoms with E-state index in [0.29, 0.717) is 22.5 Å². The van der Waals surface area contributed by atoms with Gasteiger partial charge in [-0.2, -0.15) is 21.0 Å². The maximum absolute atomic E-state index is 10.7. The van der Waals surface area contributed by atoms with Gasteiger partial charge in [0.25, 0.3) is 0 Å². The minimum absolute atomic E-state index is 0.192. The molecule has 0 bridgehead atoms. The normalized spacial score (nSPS) is 11.0. The predicted molar refractivity (Wildman–Crippen MR) is 179 cm³/mol. The third-order valence-electron chi connectivity index (χ3n) is 8.73. The average molecular weight is 585 g/mol. The molecule has 0 aliphatic rings. The first kappa shape index (κ1) is 26.5. The van der Waals surface area contributed by atoms with Crippen LogP contribution in [0.5, 0.6) is 0 Å². The topological polar surface area (TPSA) is 105 Å². The first-order valence-electron chi connectivity index (χ1n) is 14.6. The van der Waals surface area contributed by atoms with Crippen molar-refractivity contribution in [3.05, 3.63) is 144 Å². The highest BCUT2D eigenvalue weighted by atomic mass is 15.0. The highest BCUT2D eigenvalue weighted by Crippen LogP contribution is 2.42. The van der Waals surface area contributed by atoms with E-state index in [2.05, 4.69) is 36.4 Å². The lowest BCUT2D eigenvalue weighted by atomic mass is 9.91.